The van der Waals surface area contributed by atoms with Crippen molar-refractivity contribution < 1.29 is 14.6 Å². The van der Waals surface area contributed by atoms with Crippen molar-refractivity contribution >= 4 is 6.09 Å². The first-order valence-electron chi connectivity index (χ1n) is 7.92. The van der Waals surface area contributed by atoms with Crippen molar-refractivity contribution in [1.29, 1.82) is 0 Å². The molecule has 0 aromatic rings. The van der Waals surface area contributed by atoms with Gasteiger partial charge in [-0.05, 0) is 52.9 Å². The number of hydrogen-bond acceptors (Lipinski definition) is 4. The predicted molar refractivity (Wildman–Crippen MR) is 84.3 cm³/mol. The fourth-order valence-electron chi connectivity index (χ4n) is 2.69. The molecule has 5 nitrogen and oxygen atoms in total. The zero-order valence-corrected chi connectivity index (χ0v) is 14.3. The van der Waals surface area contributed by atoms with Crippen LogP contribution in [0.1, 0.15) is 60.8 Å². The number of rotatable bonds is 6. The summed E-state index contributed by atoms with van der Waals surface area (Å²) in [6, 6.07) is 0.538. The van der Waals surface area contributed by atoms with Crippen LogP contribution in [0.3, 0.4) is 0 Å². The Kier molecular flexibility index (Phi) is 6.05. The minimum absolute atomic E-state index is 0.174. The van der Waals surface area contributed by atoms with Gasteiger partial charge in [-0.3, -0.25) is 0 Å². The summed E-state index contributed by atoms with van der Waals surface area (Å²) in [5.41, 5.74) is -1.13. The zero-order chi connectivity index (χ0) is 16.3. The molecular formula is C16H32N2O3. The molecular weight excluding hydrogens is 268 g/mol. The Labute approximate surface area is 128 Å². The first kappa shape index (κ1) is 18.2. The van der Waals surface area contributed by atoms with E-state index in [0.717, 1.165) is 19.3 Å². The summed E-state index contributed by atoms with van der Waals surface area (Å²) in [5, 5.41) is 16.5. The molecule has 1 aliphatic rings. The third-order valence-electron chi connectivity index (χ3n) is 3.48. The lowest BCUT2D eigenvalue weighted by atomic mass is 9.85. The Hall–Kier alpha value is -0.810. The van der Waals surface area contributed by atoms with Gasteiger partial charge in [0.15, 0.2) is 0 Å². The Morgan fingerprint density at radius 2 is 1.81 bits per heavy atom. The number of alkyl carbamates (subject to hydrolysis) is 1. The van der Waals surface area contributed by atoms with E-state index in [2.05, 4.69) is 24.5 Å². The number of aliphatic hydroxyl groups is 1. The first-order valence-corrected chi connectivity index (χ1v) is 7.92. The van der Waals surface area contributed by atoms with Crippen molar-refractivity contribution in [1.82, 2.24) is 10.6 Å². The molecule has 0 spiro atoms. The van der Waals surface area contributed by atoms with E-state index in [9.17, 15) is 9.90 Å². The zero-order valence-electron chi connectivity index (χ0n) is 14.3. The molecule has 1 rings (SSSR count). The molecule has 3 N–H and O–H groups in total. The molecule has 1 fully saturated rings. The van der Waals surface area contributed by atoms with Crippen molar-refractivity contribution in [3.8, 4) is 0 Å². The lowest BCUT2D eigenvalue weighted by Gasteiger charge is -2.38. The molecule has 0 radical (unpaired) electrons. The van der Waals surface area contributed by atoms with Crippen LogP contribution in [0.25, 0.3) is 0 Å². The number of ether oxygens (including phenoxy) is 1. The minimum atomic E-state index is -0.669. The first-order chi connectivity index (χ1) is 9.47. The molecule has 0 aliphatic heterocycles. The normalized spacial score (nSPS) is 25.1. The summed E-state index contributed by atoms with van der Waals surface area (Å²) in [4.78, 5) is 11.6. The number of carbonyl (C=O) groups is 1. The number of hydrogen-bond donors (Lipinski definition) is 3. The fourth-order valence-corrected chi connectivity index (χ4v) is 2.69. The molecule has 1 atom stereocenters. The van der Waals surface area contributed by atoms with E-state index in [1.807, 2.05) is 27.7 Å². The van der Waals surface area contributed by atoms with Gasteiger partial charge in [0.05, 0.1) is 5.60 Å². The summed E-state index contributed by atoms with van der Waals surface area (Å²) < 4.78 is 5.23. The molecule has 5 heteroatoms. The molecule has 1 unspecified atom stereocenters. The maximum absolute atomic E-state index is 11.6. The Balaban J connectivity index is 2.18. The van der Waals surface area contributed by atoms with E-state index >= 15 is 0 Å². The fraction of sp³-hybridized carbons (Fsp3) is 0.938. The molecule has 0 bridgehead atoms. The summed E-state index contributed by atoms with van der Waals surface area (Å²) in [6.45, 7) is 12.2. The van der Waals surface area contributed by atoms with Crippen LogP contribution in [0, 0.1) is 5.92 Å². The van der Waals surface area contributed by atoms with Gasteiger partial charge in [-0.1, -0.05) is 13.8 Å². The molecule has 1 aliphatic carbocycles. The summed E-state index contributed by atoms with van der Waals surface area (Å²) in [6.07, 6.45) is 2.21. The van der Waals surface area contributed by atoms with Crippen LogP contribution in [-0.4, -0.2) is 41.0 Å². The smallest absolute Gasteiger partial charge is 0.407 e. The molecule has 0 aromatic carbocycles. The van der Waals surface area contributed by atoms with Crippen molar-refractivity contribution in [2.45, 2.75) is 84.1 Å². The molecule has 1 saturated carbocycles. The van der Waals surface area contributed by atoms with Gasteiger partial charge in [-0.15, -0.1) is 0 Å². The molecule has 0 heterocycles. The van der Waals surface area contributed by atoms with Gasteiger partial charge in [-0.2, -0.15) is 0 Å². The summed E-state index contributed by atoms with van der Waals surface area (Å²) >= 11 is 0. The molecule has 124 valence electrons. The van der Waals surface area contributed by atoms with E-state index in [1.54, 1.807) is 0 Å². The van der Waals surface area contributed by atoms with Gasteiger partial charge in [0.2, 0.25) is 0 Å². The summed E-state index contributed by atoms with van der Waals surface area (Å²) in [7, 11) is 0. The van der Waals surface area contributed by atoms with Crippen LogP contribution < -0.4 is 10.6 Å². The highest BCUT2D eigenvalue weighted by Crippen LogP contribution is 2.22. The van der Waals surface area contributed by atoms with Gasteiger partial charge in [0.25, 0.3) is 0 Å². The third-order valence-corrected chi connectivity index (χ3v) is 3.48. The second-order valence-electron chi connectivity index (χ2n) is 7.99. The average Bonchev–Trinajstić information content (AvgIpc) is 2.16. The second kappa shape index (κ2) is 6.97. The van der Waals surface area contributed by atoms with Crippen molar-refractivity contribution in [3.05, 3.63) is 0 Å². The van der Waals surface area contributed by atoms with E-state index < -0.39 is 11.2 Å². The Bertz CT molecular complexity index is 342. The topological polar surface area (TPSA) is 70.6 Å². The van der Waals surface area contributed by atoms with E-state index in [-0.39, 0.29) is 12.1 Å². The van der Waals surface area contributed by atoms with Crippen LogP contribution >= 0.6 is 0 Å². The lowest BCUT2D eigenvalue weighted by molar-refractivity contribution is 0.0283. The van der Waals surface area contributed by atoms with E-state index in [1.165, 1.54) is 0 Å². The Morgan fingerprint density at radius 1 is 1.24 bits per heavy atom. The van der Waals surface area contributed by atoms with Gasteiger partial charge in [-0.25, -0.2) is 4.79 Å². The second-order valence-corrected chi connectivity index (χ2v) is 7.99. The minimum Gasteiger partial charge on any atom is -0.444 e. The maximum Gasteiger partial charge on any atom is 0.407 e. The van der Waals surface area contributed by atoms with E-state index in [0.29, 0.717) is 18.5 Å². The van der Waals surface area contributed by atoms with Crippen molar-refractivity contribution in [2.24, 2.45) is 5.92 Å². The Morgan fingerprint density at radius 3 is 2.29 bits per heavy atom. The highest BCUT2D eigenvalue weighted by atomic mass is 16.6. The van der Waals surface area contributed by atoms with Crippen molar-refractivity contribution in [2.75, 3.05) is 6.54 Å². The van der Waals surface area contributed by atoms with Crippen LogP contribution in [-0.2, 0) is 4.74 Å². The molecule has 1 amide bonds. The van der Waals surface area contributed by atoms with Crippen LogP contribution in [0.2, 0.25) is 0 Å². The average molecular weight is 300 g/mol. The van der Waals surface area contributed by atoms with Gasteiger partial charge < -0.3 is 20.5 Å². The van der Waals surface area contributed by atoms with Crippen LogP contribution in [0.5, 0.6) is 0 Å². The maximum atomic E-state index is 11.6. The van der Waals surface area contributed by atoms with Gasteiger partial charge in [0.1, 0.15) is 5.60 Å². The van der Waals surface area contributed by atoms with Gasteiger partial charge in [0, 0.05) is 18.6 Å². The largest absolute Gasteiger partial charge is 0.444 e. The number of amides is 1. The number of nitrogens with one attached hydrogen (secondary N) is 2. The highest BCUT2D eigenvalue weighted by molar-refractivity contribution is 5.68. The molecule has 0 aromatic heterocycles. The van der Waals surface area contributed by atoms with E-state index in [4.69, 9.17) is 4.74 Å². The highest BCUT2D eigenvalue weighted by Gasteiger charge is 2.33. The monoisotopic (exact) mass is 300 g/mol. The standard InChI is InChI=1S/C16H32N2O3/c1-11(2)9-16(6,20)10-17-12-7-13(8-12)18-14(19)21-15(3,4)5/h11-13,17,20H,7-10H2,1-6H3,(H,18,19). The molecule has 21 heavy (non-hydrogen) atoms. The van der Waals surface area contributed by atoms with Crippen molar-refractivity contribution in [3.63, 3.8) is 0 Å². The summed E-state index contributed by atoms with van der Waals surface area (Å²) in [5.74, 6) is 0.477. The number of carbonyl (C=O) groups excluding carboxylic acids is 1. The third kappa shape index (κ3) is 7.67. The van der Waals surface area contributed by atoms with Crippen LogP contribution in [0.15, 0.2) is 0 Å². The molecule has 0 saturated heterocycles. The predicted octanol–water partition coefficient (Wildman–Crippen LogP) is 2.43. The van der Waals surface area contributed by atoms with Crippen LogP contribution in [0.4, 0.5) is 4.79 Å². The quantitative estimate of drug-likeness (QED) is 0.704. The van der Waals surface area contributed by atoms with Gasteiger partial charge >= 0.3 is 6.09 Å². The lowest BCUT2D eigenvalue weighted by Crippen LogP contribution is -2.55. The SMILES string of the molecule is CC(C)CC(C)(O)CNC1CC(NC(=O)OC(C)(C)C)C1.